The Balaban J connectivity index is 1.45. The highest BCUT2D eigenvalue weighted by Crippen LogP contribution is 2.44. The summed E-state index contributed by atoms with van der Waals surface area (Å²) in [5.74, 6) is 1.94. The standard InChI is InChI=1S/C33H27N3O6S/c1-3-39-33(37)32-31(22-10-12-27-29(14-22)42-19-41-27)23-15-28(38-2)30(40-18-20-7-5-4-6-8-20)16-26(23)36(32)17-21-9-11-24-25(13-21)35-43-34-24/h4-16H,3,17-19H2,1-2H3. The molecule has 0 saturated carbocycles. The van der Waals surface area contributed by atoms with Crippen LogP contribution in [0.1, 0.15) is 28.5 Å². The molecule has 0 atom stereocenters. The van der Waals surface area contributed by atoms with Gasteiger partial charge < -0.3 is 28.3 Å². The second-order valence-electron chi connectivity index (χ2n) is 9.98. The number of benzene rings is 4. The highest BCUT2D eigenvalue weighted by molar-refractivity contribution is 7.00. The van der Waals surface area contributed by atoms with Gasteiger partial charge in [0.1, 0.15) is 23.3 Å². The molecule has 9 nitrogen and oxygen atoms in total. The Hall–Kier alpha value is -5.09. The third kappa shape index (κ3) is 4.99. The number of ether oxygens (including phenoxy) is 5. The lowest BCUT2D eigenvalue weighted by Crippen LogP contribution is -2.14. The minimum absolute atomic E-state index is 0.148. The van der Waals surface area contributed by atoms with Crippen molar-refractivity contribution in [2.75, 3.05) is 20.5 Å². The normalized spacial score (nSPS) is 12.1. The summed E-state index contributed by atoms with van der Waals surface area (Å²) >= 11 is 1.17. The van der Waals surface area contributed by atoms with Crippen LogP contribution >= 0.6 is 11.7 Å². The Morgan fingerprint density at radius 2 is 1.74 bits per heavy atom. The smallest absolute Gasteiger partial charge is 0.355 e. The van der Waals surface area contributed by atoms with E-state index in [1.165, 1.54) is 11.7 Å². The Morgan fingerprint density at radius 1 is 0.907 bits per heavy atom. The summed E-state index contributed by atoms with van der Waals surface area (Å²) in [5, 5.41) is 0.808. The molecule has 216 valence electrons. The minimum Gasteiger partial charge on any atom is -0.493 e. The van der Waals surface area contributed by atoms with Crippen molar-refractivity contribution in [1.82, 2.24) is 13.3 Å². The zero-order valence-electron chi connectivity index (χ0n) is 23.5. The Kier molecular flexibility index (Phi) is 7.04. The monoisotopic (exact) mass is 593 g/mol. The lowest BCUT2D eigenvalue weighted by atomic mass is 10.0. The maximum absolute atomic E-state index is 13.8. The van der Waals surface area contributed by atoms with Crippen molar-refractivity contribution in [2.24, 2.45) is 0 Å². The molecule has 0 fully saturated rings. The summed E-state index contributed by atoms with van der Waals surface area (Å²) in [6, 6.07) is 25.4. The molecule has 0 radical (unpaired) electrons. The summed E-state index contributed by atoms with van der Waals surface area (Å²) in [5.41, 5.74) is 6.32. The van der Waals surface area contributed by atoms with E-state index in [2.05, 4.69) is 8.75 Å². The lowest BCUT2D eigenvalue weighted by molar-refractivity contribution is 0.0516. The van der Waals surface area contributed by atoms with E-state index >= 15 is 0 Å². The van der Waals surface area contributed by atoms with Gasteiger partial charge in [-0.2, -0.15) is 8.75 Å². The van der Waals surface area contributed by atoms with Gasteiger partial charge in [-0.1, -0.05) is 42.5 Å². The van der Waals surface area contributed by atoms with Gasteiger partial charge in [-0.15, -0.1) is 0 Å². The van der Waals surface area contributed by atoms with E-state index in [0.29, 0.717) is 47.4 Å². The Morgan fingerprint density at radius 3 is 2.58 bits per heavy atom. The number of methoxy groups -OCH3 is 1. The fourth-order valence-corrected chi connectivity index (χ4v) is 5.91. The van der Waals surface area contributed by atoms with Gasteiger partial charge in [0.25, 0.3) is 0 Å². The summed E-state index contributed by atoms with van der Waals surface area (Å²) in [6.45, 7) is 2.91. The molecule has 43 heavy (non-hydrogen) atoms. The average molecular weight is 594 g/mol. The van der Waals surface area contributed by atoms with Gasteiger partial charge >= 0.3 is 5.97 Å². The fourth-order valence-electron chi connectivity index (χ4n) is 5.39. The second kappa shape index (κ2) is 11.3. The molecule has 2 aromatic heterocycles. The van der Waals surface area contributed by atoms with Crippen molar-refractivity contribution in [3.05, 3.63) is 95.7 Å². The minimum atomic E-state index is -0.437. The van der Waals surface area contributed by atoms with E-state index < -0.39 is 5.97 Å². The molecular formula is C33H27N3O6S. The van der Waals surface area contributed by atoms with Crippen LogP contribution in [0.15, 0.2) is 78.9 Å². The molecule has 0 amide bonds. The molecule has 1 aliphatic rings. The van der Waals surface area contributed by atoms with Crippen LogP contribution in [-0.4, -0.2) is 39.8 Å². The van der Waals surface area contributed by atoms with Crippen molar-refractivity contribution in [2.45, 2.75) is 20.1 Å². The summed E-state index contributed by atoms with van der Waals surface area (Å²) in [6.07, 6.45) is 0. The maximum Gasteiger partial charge on any atom is 0.355 e. The molecule has 10 heteroatoms. The first-order chi connectivity index (χ1) is 21.1. The molecule has 0 unspecified atom stereocenters. The number of hydrogen-bond acceptors (Lipinski definition) is 9. The molecular weight excluding hydrogens is 566 g/mol. The molecule has 0 spiro atoms. The van der Waals surface area contributed by atoms with Gasteiger partial charge in [0.15, 0.2) is 23.0 Å². The third-order valence-electron chi connectivity index (χ3n) is 7.37. The molecule has 0 aliphatic carbocycles. The van der Waals surface area contributed by atoms with Gasteiger partial charge in [-0.25, -0.2) is 4.79 Å². The van der Waals surface area contributed by atoms with Gasteiger partial charge in [0.2, 0.25) is 6.79 Å². The van der Waals surface area contributed by atoms with Gasteiger partial charge in [-0.3, -0.25) is 0 Å². The number of hydrogen-bond donors (Lipinski definition) is 0. The zero-order chi connectivity index (χ0) is 29.3. The van der Waals surface area contributed by atoms with Crippen LogP contribution in [0.3, 0.4) is 0 Å². The first-order valence-electron chi connectivity index (χ1n) is 13.8. The van der Waals surface area contributed by atoms with Crippen molar-refractivity contribution in [3.8, 4) is 34.1 Å². The molecule has 1 aliphatic heterocycles. The predicted octanol–water partition coefficient (Wildman–Crippen LogP) is 6.85. The van der Waals surface area contributed by atoms with Gasteiger partial charge in [-0.05, 0) is 53.9 Å². The molecule has 7 rings (SSSR count). The van der Waals surface area contributed by atoms with Crippen LogP contribution in [0.5, 0.6) is 23.0 Å². The van der Waals surface area contributed by atoms with E-state index in [1.54, 1.807) is 14.0 Å². The Bertz CT molecular complexity index is 1970. The summed E-state index contributed by atoms with van der Waals surface area (Å²) < 4.78 is 39.7. The van der Waals surface area contributed by atoms with Crippen molar-refractivity contribution >= 4 is 39.6 Å². The van der Waals surface area contributed by atoms with Crippen molar-refractivity contribution in [1.29, 1.82) is 0 Å². The molecule has 3 heterocycles. The molecule has 0 N–H and O–H groups in total. The number of carbonyl (C=O) groups is 1. The number of aromatic nitrogens is 3. The van der Waals surface area contributed by atoms with E-state index in [9.17, 15) is 4.79 Å². The van der Waals surface area contributed by atoms with E-state index in [1.807, 2.05) is 83.4 Å². The molecule has 0 bridgehead atoms. The highest BCUT2D eigenvalue weighted by Gasteiger charge is 2.28. The quantitative estimate of drug-likeness (QED) is 0.168. The van der Waals surface area contributed by atoms with E-state index in [0.717, 1.165) is 38.6 Å². The van der Waals surface area contributed by atoms with Crippen LogP contribution in [0.4, 0.5) is 0 Å². The number of rotatable bonds is 9. The predicted molar refractivity (Wildman–Crippen MR) is 163 cm³/mol. The molecule has 0 saturated heterocycles. The number of carbonyl (C=O) groups excluding carboxylic acids is 1. The molecule has 4 aromatic carbocycles. The number of nitrogens with zero attached hydrogens (tertiary/aromatic N) is 3. The van der Waals surface area contributed by atoms with E-state index in [-0.39, 0.29) is 13.4 Å². The van der Waals surface area contributed by atoms with Gasteiger partial charge in [0, 0.05) is 23.6 Å². The first-order valence-corrected chi connectivity index (χ1v) is 14.5. The summed E-state index contributed by atoms with van der Waals surface area (Å²) in [7, 11) is 1.61. The lowest BCUT2D eigenvalue weighted by Gasteiger charge is -2.14. The van der Waals surface area contributed by atoms with Crippen LogP contribution in [0.25, 0.3) is 33.1 Å². The average Bonchev–Trinajstić information content (AvgIpc) is 3.77. The summed E-state index contributed by atoms with van der Waals surface area (Å²) in [4.78, 5) is 13.8. The van der Waals surface area contributed by atoms with Crippen LogP contribution in [-0.2, 0) is 17.9 Å². The van der Waals surface area contributed by atoms with Gasteiger partial charge in [0.05, 0.1) is 31.0 Å². The third-order valence-corrected chi connectivity index (χ3v) is 7.93. The number of fused-ring (bicyclic) bond motifs is 3. The fraction of sp³-hybridized carbons (Fsp3) is 0.182. The topological polar surface area (TPSA) is 93.9 Å². The zero-order valence-corrected chi connectivity index (χ0v) is 24.3. The SMILES string of the molecule is CCOC(=O)c1c(-c2ccc3c(c2)OCO3)c2cc(OC)c(OCc3ccccc3)cc2n1Cc1ccc2nsnc2c1. The maximum atomic E-state index is 13.8. The van der Waals surface area contributed by atoms with Crippen LogP contribution in [0.2, 0.25) is 0 Å². The van der Waals surface area contributed by atoms with Crippen LogP contribution < -0.4 is 18.9 Å². The first kappa shape index (κ1) is 26.8. The van der Waals surface area contributed by atoms with E-state index in [4.69, 9.17) is 23.7 Å². The number of esters is 1. The van der Waals surface area contributed by atoms with Crippen LogP contribution in [0, 0.1) is 0 Å². The second-order valence-corrected chi connectivity index (χ2v) is 10.5. The highest BCUT2D eigenvalue weighted by atomic mass is 32.1. The van der Waals surface area contributed by atoms with Crippen molar-refractivity contribution in [3.63, 3.8) is 0 Å². The molecule has 6 aromatic rings. The largest absolute Gasteiger partial charge is 0.493 e. The Labute approximate surface area is 251 Å². The van der Waals surface area contributed by atoms with Crippen molar-refractivity contribution < 1.29 is 28.5 Å².